The zero-order valence-electron chi connectivity index (χ0n) is 13.5. The van der Waals surface area contributed by atoms with Gasteiger partial charge in [-0.25, -0.2) is 0 Å². The van der Waals surface area contributed by atoms with Gasteiger partial charge < -0.3 is 9.47 Å². The first-order chi connectivity index (χ1) is 12.0. The minimum absolute atomic E-state index is 0.00535. The van der Waals surface area contributed by atoms with Crippen LogP contribution in [0, 0.1) is 14.9 Å². The summed E-state index contributed by atoms with van der Waals surface area (Å²) in [6.07, 6.45) is 2.27. The fourth-order valence-electron chi connectivity index (χ4n) is 1.95. The summed E-state index contributed by atoms with van der Waals surface area (Å²) in [5.41, 5.74) is -0.455. The minimum atomic E-state index is -0.574. The van der Waals surface area contributed by atoms with Crippen LogP contribution in [-0.2, 0) is 0 Å². The van der Waals surface area contributed by atoms with Gasteiger partial charge in [-0.3, -0.25) is 20.0 Å². The van der Waals surface area contributed by atoms with Crippen LogP contribution in [0.3, 0.4) is 0 Å². The van der Waals surface area contributed by atoms with Gasteiger partial charge in [0.25, 0.3) is 5.56 Å². The minimum Gasteiger partial charge on any atom is -0.490 e. The van der Waals surface area contributed by atoms with Crippen molar-refractivity contribution < 1.29 is 14.4 Å². The maximum Gasteiger partial charge on any atom is 0.315 e. The highest BCUT2D eigenvalue weighted by atomic mass is 32.1. The zero-order chi connectivity index (χ0) is 18.4. The van der Waals surface area contributed by atoms with Crippen molar-refractivity contribution in [2.24, 2.45) is 5.10 Å². The average molecular weight is 365 g/mol. The van der Waals surface area contributed by atoms with Crippen molar-refractivity contribution in [1.29, 1.82) is 0 Å². The Labute approximate surface area is 146 Å². The summed E-state index contributed by atoms with van der Waals surface area (Å²) in [4.78, 5) is 22.4. The van der Waals surface area contributed by atoms with Crippen molar-refractivity contribution in [2.75, 3.05) is 13.2 Å². The fourth-order valence-corrected chi connectivity index (χ4v) is 2.14. The van der Waals surface area contributed by atoms with Gasteiger partial charge in [-0.15, -0.1) is 0 Å². The third kappa shape index (κ3) is 4.26. The Bertz CT molecular complexity index is 892. The third-order valence-electron chi connectivity index (χ3n) is 2.90. The van der Waals surface area contributed by atoms with E-state index in [1.807, 2.05) is 0 Å². The van der Waals surface area contributed by atoms with Gasteiger partial charge in [0.1, 0.15) is 6.20 Å². The van der Waals surface area contributed by atoms with Crippen molar-refractivity contribution in [2.45, 2.75) is 13.8 Å². The smallest absolute Gasteiger partial charge is 0.315 e. The van der Waals surface area contributed by atoms with Crippen molar-refractivity contribution in [3.05, 3.63) is 49.1 Å². The molecular formula is C14H15N5O5S. The molecule has 0 saturated carbocycles. The summed E-state index contributed by atoms with van der Waals surface area (Å²) >= 11 is 4.92. The molecule has 11 heteroatoms. The molecule has 0 aliphatic heterocycles. The van der Waals surface area contributed by atoms with E-state index in [2.05, 4.69) is 15.3 Å². The highest BCUT2D eigenvalue weighted by Crippen LogP contribution is 2.38. The van der Waals surface area contributed by atoms with E-state index in [1.54, 1.807) is 13.8 Å². The van der Waals surface area contributed by atoms with E-state index in [0.717, 1.165) is 10.9 Å². The van der Waals surface area contributed by atoms with Crippen molar-refractivity contribution in [3.63, 3.8) is 0 Å². The van der Waals surface area contributed by atoms with E-state index >= 15 is 0 Å². The molecular weight excluding hydrogens is 350 g/mol. The average Bonchev–Trinajstić information content (AvgIpc) is 2.56. The van der Waals surface area contributed by atoms with Crippen LogP contribution in [0.4, 0.5) is 5.69 Å². The van der Waals surface area contributed by atoms with Crippen LogP contribution in [0.25, 0.3) is 0 Å². The quantitative estimate of drug-likeness (QED) is 0.344. The van der Waals surface area contributed by atoms with Gasteiger partial charge in [-0.1, -0.05) is 0 Å². The van der Waals surface area contributed by atoms with Crippen LogP contribution in [0.5, 0.6) is 11.5 Å². The monoisotopic (exact) mass is 365 g/mol. The van der Waals surface area contributed by atoms with Crippen LogP contribution in [0.2, 0.25) is 0 Å². The SMILES string of the molecule is CCOc1cc(/C=N\n2c(=O)cn[nH]c2=S)cc([N+](=O)[O-])c1OCC. The normalized spacial score (nSPS) is 10.8. The topological polar surface area (TPSA) is 125 Å². The number of aromatic nitrogens is 3. The molecule has 2 aromatic rings. The van der Waals surface area contributed by atoms with Crippen molar-refractivity contribution in [1.82, 2.24) is 14.9 Å². The first-order valence-corrected chi connectivity index (χ1v) is 7.67. The lowest BCUT2D eigenvalue weighted by atomic mass is 10.2. The molecule has 132 valence electrons. The Morgan fingerprint density at radius 2 is 2.12 bits per heavy atom. The number of hydrogen-bond acceptors (Lipinski definition) is 8. The molecule has 0 bridgehead atoms. The molecule has 1 heterocycles. The Morgan fingerprint density at radius 1 is 1.40 bits per heavy atom. The highest BCUT2D eigenvalue weighted by Gasteiger charge is 2.22. The van der Waals surface area contributed by atoms with E-state index in [9.17, 15) is 14.9 Å². The molecule has 1 N–H and O–H groups in total. The number of nitrogens with zero attached hydrogens (tertiary/aromatic N) is 4. The van der Waals surface area contributed by atoms with Gasteiger partial charge >= 0.3 is 5.69 Å². The molecule has 0 radical (unpaired) electrons. The highest BCUT2D eigenvalue weighted by molar-refractivity contribution is 7.71. The molecule has 1 aromatic heterocycles. The molecule has 0 unspecified atom stereocenters. The molecule has 0 amide bonds. The summed E-state index contributed by atoms with van der Waals surface area (Å²) < 4.78 is 11.7. The summed E-state index contributed by atoms with van der Waals surface area (Å²) in [6.45, 7) is 4.01. The summed E-state index contributed by atoms with van der Waals surface area (Å²) in [7, 11) is 0. The number of H-pyrrole nitrogens is 1. The molecule has 10 nitrogen and oxygen atoms in total. The van der Waals surface area contributed by atoms with Gasteiger partial charge in [-0.05, 0) is 32.1 Å². The maximum absolute atomic E-state index is 11.7. The van der Waals surface area contributed by atoms with Crippen LogP contribution in [0.15, 0.2) is 28.2 Å². The number of hydrogen-bond donors (Lipinski definition) is 1. The Kier molecular flexibility index (Phi) is 5.95. The molecule has 0 saturated heterocycles. The van der Waals surface area contributed by atoms with Crippen LogP contribution in [-0.4, -0.2) is 39.2 Å². The number of nitro benzene ring substituents is 1. The van der Waals surface area contributed by atoms with Gasteiger partial charge in [-0.2, -0.15) is 14.9 Å². The standard InChI is InChI=1S/C14H15N5O5S/c1-3-23-11-6-9(5-10(19(21)22)13(11)24-4-2)7-16-18-12(20)8-15-17-14(18)25/h5-8H,3-4H2,1-2H3,(H,17,25)/b16-7-. The lowest BCUT2D eigenvalue weighted by molar-refractivity contribution is -0.385. The Hall–Kier alpha value is -3.08. The Morgan fingerprint density at radius 3 is 2.72 bits per heavy atom. The molecule has 1 aromatic carbocycles. The first-order valence-electron chi connectivity index (χ1n) is 7.27. The summed E-state index contributed by atoms with van der Waals surface area (Å²) in [5.74, 6) is 0.261. The first kappa shape index (κ1) is 18.3. The number of nitrogens with one attached hydrogen (secondary N) is 1. The number of aromatic amines is 1. The number of nitro groups is 1. The van der Waals surface area contributed by atoms with Crippen molar-refractivity contribution >= 4 is 24.1 Å². The van der Waals surface area contributed by atoms with Gasteiger partial charge in [0.15, 0.2) is 5.75 Å². The Balaban J connectivity index is 2.54. The number of benzene rings is 1. The number of ether oxygens (including phenoxy) is 2. The molecule has 0 aliphatic rings. The largest absolute Gasteiger partial charge is 0.490 e. The molecule has 0 aliphatic carbocycles. The summed E-state index contributed by atoms with van der Waals surface area (Å²) in [6, 6.07) is 2.81. The second-order valence-electron chi connectivity index (χ2n) is 4.56. The second kappa shape index (κ2) is 8.15. The van der Waals surface area contributed by atoms with E-state index in [-0.39, 0.29) is 28.6 Å². The van der Waals surface area contributed by atoms with Crippen molar-refractivity contribution in [3.8, 4) is 11.5 Å². The summed E-state index contributed by atoms with van der Waals surface area (Å²) in [5, 5.41) is 21.2. The van der Waals surface area contributed by atoms with Crippen LogP contribution < -0.4 is 15.0 Å². The van der Waals surface area contributed by atoms with Gasteiger partial charge in [0.2, 0.25) is 10.5 Å². The van der Waals surface area contributed by atoms with E-state index < -0.39 is 10.5 Å². The number of rotatable bonds is 7. The molecule has 0 fully saturated rings. The maximum atomic E-state index is 11.7. The molecule has 0 atom stereocenters. The second-order valence-corrected chi connectivity index (χ2v) is 4.95. The lowest BCUT2D eigenvalue weighted by Gasteiger charge is -2.11. The molecule has 25 heavy (non-hydrogen) atoms. The van der Waals surface area contributed by atoms with E-state index in [0.29, 0.717) is 12.2 Å². The predicted molar refractivity (Wildman–Crippen MR) is 92.1 cm³/mol. The predicted octanol–water partition coefficient (Wildman–Crippen LogP) is 1.89. The van der Waals surface area contributed by atoms with E-state index in [1.165, 1.54) is 18.3 Å². The van der Waals surface area contributed by atoms with Crippen LogP contribution in [0.1, 0.15) is 19.4 Å². The molecule has 0 spiro atoms. The third-order valence-corrected chi connectivity index (χ3v) is 3.17. The van der Waals surface area contributed by atoms with Gasteiger partial charge in [0.05, 0.1) is 24.4 Å². The zero-order valence-corrected chi connectivity index (χ0v) is 14.3. The fraction of sp³-hybridized carbons (Fsp3) is 0.286. The molecule has 2 rings (SSSR count). The van der Waals surface area contributed by atoms with Gasteiger partial charge in [0, 0.05) is 11.6 Å². The lowest BCUT2D eigenvalue weighted by Crippen LogP contribution is -2.18. The van der Waals surface area contributed by atoms with Crippen LogP contribution >= 0.6 is 12.2 Å². The van der Waals surface area contributed by atoms with E-state index in [4.69, 9.17) is 21.7 Å².